The summed E-state index contributed by atoms with van der Waals surface area (Å²) in [6, 6.07) is 11.6. The van der Waals surface area contributed by atoms with Crippen LogP contribution in [0.15, 0.2) is 46.6 Å². The van der Waals surface area contributed by atoms with Crippen LogP contribution in [0.2, 0.25) is 0 Å². The van der Waals surface area contributed by atoms with E-state index in [0.29, 0.717) is 35.1 Å². The lowest BCUT2D eigenvalue weighted by molar-refractivity contribution is -0.168. The van der Waals surface area contributed by atoms with Crippen molar-refractivity contribution in [2.24, 2.45) is 17.3 Å². The number of thiophene rings is 1. The minimum absolute atomic E-state index is 0.151. The third-order valence-corrected chi connectivity index (χ3v) is 8.37. The zero-order chi connectivity index (χ0) is 21.2. The fraction of sp³-hybridized carbons (Fsp3) is 0.458. The van der Waals surface area contributed by atoms with Gasteiger partial charge in [0.1, 0.15) is 10.4 Å². The molecule has 3 aromatic rings. The Labute approximate surface area is 183 Å². The Hall–Kier alpha value is -2.51. The molecule has 4 fully saturated rings. The number of rotatable bonds is 4. The Kier molecular flexibility index (Phi) is 4.17. The lowest BCUT2D eigenvalue weighted by Gasteiger charge is -2.60. The van der Waals surface area contributed by atoms with Crippen molar-refractivity contribution in [3.63, 3.8) is 0 Å². The Morgan fingerprint density at radius 3 is 2.61 bits per heavy atom. The van der Waals surface area contributed by atoms with Crippen molar-refractivity contribution < 1.29 is 9.90 Å². The van der Waals surface area contributed by atoms with Crippen LogP contribution in [0.1, 0.15) is 44.9 Å². The van der Waals surface area contributed by atoms with Gasteiger partial charge in [0.25, 0.3) is 0 Å². The fourth-order valence-corrected chi connectivity index (χ4v) is 7.77. The molecule has 2 atom stereocenters. The molecular weight excluding hydrogens is 410 g/mol. The summed E-state index contributed by atoms with van der Waals surface area (Å²) >= 11 is 1.36. The van der Waals surface area contributed by atoms with E-state index in [9.17, 15) is 14.7 Å². The highest BCUT2D eigenvalue weighted by Gasteiger charge is 2.57. The number of aromatic nitrogens is 2. The summed E-state index contributed by atoms with van der Waals surface area (Å²) in [5, 5.41) is 18.2. The molecule has 0 radical (unpaired) electrons. The maximum absolute atomic E-state index is 13.1. The van der Waals surface area contributed by atoms with Gasteiger partial charge >= 0.3 is 5.56 Å². The highest BCUT2D eigenvalue weighted by atomic mass is 32.1. The SMILES string of the molecule is O=C(CC12CC3CC(CC(O)(C3)C1)C2)Nn1nc(-c2ccccc2)c2ccsc2c1=O. The van der Waals surface area contributed by atoms with Crippen LogP contribution in [0, 0.1) is 17.3 Å². The maximum atomic E-state index is 13.1. The highest BCUT2D eigenvalue weighted by molar-refractivity contribution is 7.17. The third-order valence-electron chi connectivity index (χ3n) is 7.47. The number of benzene rings is 1. The molecule has 0 spiro atoms. The summed E-state index contributed by atoms with van der Waals surface area (Å²) in [7, 11) is 0. The summed E-state index contributed by atoms with van der Waals surface area (Å²) < 4.78 is 0.582. The molecule has 6 nitrogen and oxygen atoms in total. The Bertz CT molecular complexity index is 1220. The highest BCUT2D eigenvalue weighted by Crippen LogP contribution is 2.62. The molecule has 31 heavy (non-hydrogen) atoms. The van der Waals surface area contributed by atoms with Crippen LogP contribution in [0.3, 0.4) is 0 Å². The van der Waals surface area contributed by atoms with Gasteiger partial charge in [-0.15, -0.1) is 21.2 Å². The predicted octanol–water partition coefficient (Wildman–Crippen LogP) is 3.92. The van der Waals surface area contributed by atoms with Crippen molar-refractivity contribution in [2.75, 3.05) is 5.43 Å². The molecule has 2 N–H and O–H groups in total. The summed E-state index contributed by atoms with van der Waals surface area (Å²) in [4.78, 5) is 27.2. The average molecular weight is 436 g/mol. The molecule has 1 aromatic carbocycles. The maximum Gasteiger partial charge on any atom is 0.304 e. The van der Waals surface area contributed by atoms with E-state index in [-0.39, 0.29) is 16.9 Å². The Morgan fingerprint density at radius 2 is 1.90 bits per heavy atom. The topological polar surface area (TPSA) is 84.2 Å². The van der Waals surface area contributed by atoms with Crippen molar-refractivity contribution in [1.82, 2.24) is 9.89 Å². The van der Waals surface area contributed by atoms with E-state index in [4.69, 9.17) is 0 Å². The molecule has 160 valence electrons. The van der Waals surface area contributed by atoms with Crippen molar-refractivity contribution in [3.8, 4) is 11.3 Å². The van der Waals surface area contributed by atoms with Gasteiger partial charge in [0.15, 0.2) is 0 Å². The van der Waals surface area contributed by atoms with E-state index in [1.165, 1.54) is 17.8 Å². The molecule has 0 saturated heterocycles. The average Bonchev–Trinajstić information content (AvgIpc) is 3.19. The van der Waals surface area contributed by atoms with Gasteiger partial charge in [-0.3, -0.25) is 9.59 Å². The zero-order valence-electron chi connectivity index (χ0n) is 17.2. The van der Waals surface area contributed by atoms with Crippen molar-refractivity contribution in [3.05, 3.63) is 52.1 Å². The number of amides is 1. The molecule has 4 aliphatic rings. The second-order valence-electron chi connectivity index (χ2n) is 9.99. The molecule has 4 aliphatic carbocycles. The fourth-order valence-electron chi connectivity index (χ4n) is 6.95. The van der Waals surface area contributed by atoms with Crippen LogP contribution >= 0.6 is 11.3 Å². The normalized spacial score (nSPS) is 31.3. The molecule has 1 amide bonds. The van der Waals surface area contributed by atoms with Gasteiger partial charge < -0.3 is 5.11 Å². The molecule has 7 rings (SSSR count). The van der Waals surface area contributed by atoms with Gasteiger partial charge in [-0.2, -0.15) is 0 Å². The molecule has 2 unspecified atom stereocenters. The monoisotopic (exact) mass is 435 g/mol. The lowest BCUT2D eigenvalue weighted by atomic mass is 9.47. The number of hydrogen-bond acceptors (Lipinski definition) is 5. The minimum atomic E-state index is -0.601. The van der Waals surface area contributed by atoms with Gasteiger partial charge in [0.2, 0.25) is 5.91 Å². The van der Waals surface area contributed by atoms with Crippen molar-refractivity contribution >= 4 is 27.3 Å². The molecule has 0 aliphatic heterocycles. The van der Waals surface area contributed by atoms with Gasteiger partial charge in [0, 0.05) is 17.4 Å². The van der Waals surface area contributed by atoms with Crippen LogP contribution in [0.4, 0.5) is 0 Å². The summed E-state index contributed by atoms with van der Waals surface area (Å²) in [6.45, 7) is 0. The Balaban J connectivity index is 1.31. The minimum Gasteiger partial charge on any atom is -0.390 e. The quantitative estimate of drug-likeness (QED) is 0.651. The van der Waals surface area contributed by atoms with E-state index in [0.717, 1.165) is 41.4 Å². The number of fused-ring (bicyclic) bond motifs is 1. The molecular formula is C24H25N3O3S. The van der Waals surface area contributed by atoms with E-state index < -0.39 is 5.60 Å². The standard InChI is InChI=1S/C24H25N3O3S/c28-19(13-23-9-15-8-16(10-23)12-24(30,11-15)14-23)25-27-22(29)21-18(6-7-31-21)20(26-27)17-4-2-1-3-5-17/h1-7,15-16,30H,8-14H2,(H,25,28). The van der Waals surface area contributed by atoms with E-state index in [1.54, 1.807) is 0 Å². The lowest BCUT2D eigenvalue weighted by Crippen LogP contribution is -2.56. The number of carbonyl (C=O) groups is 1. The predicted molar refractivity (Wildman–Crippen MR) is 120 cm³/mol. The molecule has 7 heteroatoms. The van der Waals surface area contributed by atoms with E-state index >= 15 is 0 Å². The van der Waals surface area contributed by atoms with Gasteiger partial charge in [-0.05, 0) is 67.2 Å². The van der Waals surface area contributed by atoms with Crippen molar-refractivity contribution in [2.45, 2.75) is 50.5 Å². The first kappa shape index (κ1) is 19.2. The van der Waals surface area contributed by atoms with Crippen LogP contribution in [0.5, 0.6) is 0 Å². The van der Waals surface area contributed by atoms with Crippen LogP contribution < -0.4 is 11.0 Å². The summed E-state index contributed by atoms with van der Waals surface area (Å²) in [5.41, 5.74) is 3.29. The summed E-state index contributed by atoms with van der Waals surface area (Å²) in [6.07, 6.45) is 5.97. The van der Waals surface area contributed by atoms with E-state index in [2.05, 4.69) is 10.5 Å². The van der Waals surface area contributed by atoms with Crippen LogP contribution in [-0.4, -0.2) is 26.5 Å². The molecule has 2 heterocycles. The Morgan fingerprint density at radius 1 is 1.16 bits per heavy atom. The number of aliphatic hydroxyl groups is 1. The van der Waals surface area contributed by atoms with Gasteiger partial charge in [-0.25, -0.2) is 5.43 Å². The van der Waals surface area contributed by atoms with Crippen LogP contribution in [-0.2, 0) is 4.79 Å². The number of hydrogen-bond donors (Lipinski definition) is 2. The first-order valence-corrected chi connectivity index (χ1v) is 11.9. The number of carbonyl (C=O) groups excluding carboxylic acids is 1. The zero-order valence-corrected chi connectivity index (χ0v) is 18.0. The molecule has 4 saturated carbocycles. The van der Waals surface area contributed by atoms with Gasteiger partial charge in [-0.1, -0.05) is 30.3 Å². The smallest absolute Gasteiger partial charge is 0.304 e. The molecule has 4 bridgehead atoms. The van der Waals surface area contributed by atoms with Crippen LogP contribution in [0.25, 0.3) is 21.3 Å². The second kappa shape index (κ2) is 6.74. The first-order valence-electron chi connectivity index (χ1n) is 11.0. The largest absolute Gasteiger partial charge is 0.390 e. The third kappa shape index (κ3) is 3.22. The number of nitrogens with one attached hydrogen (secondary N) is 1. The first-order chi connectivity index (χ1) is 14.9. The van der Waals surface area contributed by atoms with Crippen molar-refractivity contribution in [1.29, 1.82) is 0 Å². The van der Waals surface area contributed by atoms with E-state index in [1.807, 2.05) is 41.8 Å². The molecule has 2 aromatic heterocycles. The van der Waals surface area contributed by atoms with Gasteiger partial charge in [0.05, 0.1) is 5.60 Å². The summed E-state index contributed by atoms with van der Waals surface area (Å²) in [5.74, 6) is 0.842. The second-order valence-corrected chi connectivity index (χ2v) is 10.9. The number of nitrogens with zero attached hydrogens (tertiary/aromatic N) is 2.